The molecule has 0 aliphatic rings. The Labute approximate surface area is 188 Å². The lowest BCUT2D eigenvalue weighted by Crippen LogP contribution is -2.13. The molecule has 0 aromatic heterocycles. The van der Waals surface area contributed by atoms with E-state index in [0.29, 0.717) is 28.4 Å². The number of halogens is 2. The van der Waals surface area contributed by atoms with Crippen molar-refractivity contribution in [2.45, 2.75) is 6.42 Å². The lowest BCUT2D eigenvalue weighted by Gasteiger charge is -2.11. The van der Waals surface area contributed by atoms with Crippen molar-refractivity contribution in [1.29, 1.82) is 5.26 Å². The third kappa shape index (κ3) is 5.50. The van der Waals surface area contributed by atoms with Crippen LogP contribution in [0.1, 0.15) is 16.7 Å². The maximum Gasteiger partial charge on any atom is 0.266 e. The fourth-order valence-corrected chi connectivity index (χ4v) is 3.54. The Balaban J connectivity index is 1.83. The van der Waals surface area contributed by atoms with Crippen LogP contribution in [-0.4, -0.2) is 13.0 Å². The highest BCUT2D eigenvalue weighted by Crippen LogP contribution is 2.27. The van der Waals surface area contributed by atoms with Crippen molar-refractivity contribution in [1.82, 2.24) is 0 Å². The lowest BCUT2D eigenvalue weighted by atomic mass is 10.0. The number of methoxy groups -OCH3 is 1. The molecule has 0 atom stereocenters. The number of hydrogen-bond donors (Lipinski definition) is 1. The van der Waals surface area contributed by atoms with Gasteiger partial charge in [0.2, 0.25) is 0 Å². The van der Waals surface area contributed by atoms with Gasteiger partial charge < -0.3 is 10.1 Å². The van der Waals surface area contributed by atoms with Gasteiger partial charge in [-0.25, -0.2) is 0 Å². The maximum absolute atomic E-state index is 12.5. The van der Waals surface area contributed by atoms with E-state index in [1.807, 2.05) is 48.5 Å². The molecule has 3 aromatic carbocycles. The Morgan fingerprint density at radius 2 is 1.93 bits per heavy atom. The summed E-state index contributed by atoms with van der Waals surface area (Å²) in [7, 11) is 1.60. The van der Waals surface area contributed by atoms with E-state index in [2.05, 4.69) is 21.2 Å². The Hall–Kier alpha value is -3.07. The molecule has 0 heterocycles. The van der Waals surface area contributed by atoms with Crippen LogP contribution in [0.2, 0.25) is 5.02 Å². The van der Waals surface area contributed by atoms with Crippen molar-refractivity contribution in [3.8, 4) is 11.8 Å². The molecule has 3 aromatic rings. The quantitative estimate of drug-likeness (QED) is 0.334. The van der Waals surface area contributed by atoms with Gasteiger partial charge in [0, 0.05) is 21.6 Å². The molecule has 0 aliphatic heterocycles. The minimum absolute atomic E-state index is 0.0180. The molecule has 4 nitrogen and oxygen atoms in total. The number of anilines is 1. The molecule has 6 heteroatoms. The predicted octanol–water partition coefficient (Wildman–Crippen LogP) is 6.25. The number of hydrogen-bond acceptors (Lipinski definition) is 3. The number of ether oxygens (including phenoxy) is 1. The summed E-state index contributed by atoms with van der Waals surface area (Å²) < 4.78 is 6.57. The first-order valence-corrected chi connectivity index (χ1v) is 10.3. The molecule has 0 aliphatic carbocycles. The molecule has 0 bridgehead atoms. The van der Waals surface area contributed by atoms with E-state index in [-0.39, 0.29) is 5.57 Å². The fraction of sp³-hybridized carbons (Fsp3) is 0.0833. The summed E-state index contributed by atoms with van der Waals surface area (Å²) in [6.07, 6.45) is 2.22. The molecule has 0 fully saturated rings. The van der Waals surface area contributed by atoms with Crippen LogP contribution in [0.4, 0.5) is 5.69 Å². The molecule has 150 valence electrons. The van der Waals surface area contributed by atoms with E-state index >= 15 is 0 Å². The summed E-state index contributed by atoms with van der Waals surface area (Å²) in [4.78, 5) is 12.5. The first-order chi connectivity index (χ1) is 14.5. The molecule has 0 spiro atoms. The van der Waals surface area contributed by atoms with Crippen molar-refractivity contribution in [3.63, 3.8) is 0 Å². The van der Waals surface area contributed by atoms with E-state index in [0.717, 1.165) is 15.6 Å². The molecular weight excluding hydrogens is 464 g/mol. The van der Waals surface area contributed by atoms with E-state index in [4.69, 9.17) is 16.3 Å². The molecule has 30 heavy (non-hydrogen) atoms. The first kappa shape index (κ1) is 21.6. The number of nitrogens with one attached hydrogen (secondary N) is 1. The van der Waals surface area contributed by atoms with Gasteiger partial charge in [0.1, 0.15) is 17.4 Å². The number of benzene rings is 3. The number of carbonyl (C=O) groups is 1. The zero-order valence-corrected chi connectivity index (χ0v) is 18.5. The summed E-state index contributed by atoms with van der Waals surface area (Å²) in [5.74, 6) is 0.183. The summed E-state index contributed by atoms with van der Waals surface area (Å²) in [6, 6.07) is 22.3. The zero-order valence-electron chi connectivity index (χ0n) is 16.2. The Bertz CT molecular complexity index is 1150. The van der Waals surface area contributed by atoms with Gasteiger partial charge in [-0.2, -0.15) is 5.26 Å². The van der Waals surface area contributed by atoms with Crippen LogP contribution in [0.5, 0.6) is 5.75 Å². The Morgan fingerprint density at radius 3 is 2.63 bits per heavy atom. The van der Waals surface area contributed by atoms with E-state index in [1.54, 1.807) is 31.4 Å². The Morgan fingerprint density at radius 1 is 1.13 bits per heavy atom. The number of rotatable bonds is 6. The topological polar surface area (TPSA) is 62.1 Å². The van der Waals surface area contributed by atoms with Crippen molar-refractivity contribution < 1.29 is 9.53 Å². The van der Waals surface area contributed by atoms with Crippen LogP contribution in [0, 0.1) is 11.3 Å². The van der Waals surface area contributed by atoms with Crippen LogP contribution >= 0.6 is 27.5 Å². The minimum Gasteiger partial charge on any atom is -0.496 e. The van der Waals surface area contributed by atoms with Gasteiger partial charge in [-0.15, -0.1) is 0 Å². The van der Waals surface area contributed by atoms with Gasteiger partial charge in [-0.3, -0.25) is 4.79 Å². The fourth-order valence-electron chi connectivity index (χ4n) is 2.92. The van der Waals surface area contributed by atoms with E-state index < -0.39 is 5.91 Å². The summed E-state index contributed by atoms with van der Waals surface area (Å²) in [5, 5.41) is 12.6. The highest BCUT2D eigenvalue weighted by atomic mass is 79.9. The van der Waals surface area contributed by atoms with Crippen LogP contribution < -0.4 is 10.1 Å². The van der Waals surface area contributed by atoms with Gasteiger partial charge in [0.25, 0.3) is 5.91 Å². The molecule has 1 amide bonds. The van der Waals surface area contributed by atoms with Gasteiger partial charge in [0.05, 0.1) is 7.11 Å². The molecule has 0 unspecified atom stereocenters. The standard InChI is InChI=1S/C24H18BrClN2O2/c1-30-23-12-16(9-10-18(23)13-17-5-2-3-8-22(17)25)11-19(15-27)24(29)28-21-7-4-6-20(26)14-21/h2-12,14H,13H2,1H3,(H,28,29)/b19-11+. The molecular formula is C24H18BrClN2O2. The van der Waals surface area contributed by atoms with Gasteiger partial charge in [0.15, 0.2) is 0 Å². The third-order valence-corrected chi connectivity index (χ3v) is 5.42. The van der Waals surface area contributed by atoms with Crippen molar-refractivity contribution in [2.75, 3.05) is 12.4 Å². The van der Waals surface area contributed by atoms with Gasteiger partial charge in [-0.05, 0) is 53.1 Å². The van der Waals surface area contributed by atoms with Crippen molar-refractivity contribution >= 4 is 45.2 Å². The van der Waals surface area contributed by atoms with E-state index in [1.165, 1.54) is 6.08 Å². The van der Waals surface area contributed by atoms with Crippen molar-refractivity contribution in [3.05, 3.63) is 98.5 Å². The third-order valence-electron chi connectivity index (χ3n) is 4.41. The van der Waals surface area contributed by atoms with Crippen LogP contribution in [-0.2, 0) is 11.2 Å². The average molecular weight is 482 g/mol. The number of nitrogens with zero attached hydrogens (tertiary/aromatic N) is 1. The normalized spacial score (nSPS) is 10.9. The van der Waals surface area contributed by atoms with Gasteiger partial charge >= 0.3 is 0 Å². The maximum atomic E-state index is 12.5. The van der Waals surface area contributed by atoms with E-state index in [9.17, 15) is 10.1 Å². The van der Waals surface area contributed by atoms with Crippen molar-refractivity contribution in [2.24, 2.45) is 0 Å². The SMILES string of the molecule is COc1cc(/C=C(\C#N)C(=O)Nc2cccc(Cl)c2)ccc1Cc1ccccc1Br. The minimum atomic E-state index is -0.504. The largest absolute Gasteiger partial charge is 0.496 e. The summed E-state index contributed by atoms with van der Waals surface area (Å²) >= 11 is 9.50. The predicted molar refractivity (Wildman–Crippen MR) is 124 cm³/mol. The van der Waals surface area contributed by atoms with Crippen LogP contribution in [0.3, 0.4) is 0 Å². The number of nitriles is 1. The van der Waals surface area contributed by atoms with Crippen LogP contribution in [0.25, 0.3) is 6.08 Å². The number of amides is 1. The lowest BCUT2D eigenvalue weighted by molar-refractivity contribution is -0.112. The second kappa shape index (κ2) is 10.1. The second-order valence-corrected chi connectivity index (χ2v) is 7.76. The molecule has 1 N–H and O–H groups in total. The smallest absolute Gasteiger partial charge is 0.266 e. The average Bonchev–Trinajstić information content (AvgIpc) is 2.74. The second-order valence-electron chi connectivity index (χ2n) is 6.47. The Kier molecular flexibility index (Phi) is 7.29. The molecule has 3 rings (SSSR count). The summed E-state index contributed by atoms with van der Waals surface area (Å²) in [5.41, 5.74) is 3.34. The number of carbonyl (C=O) groups excluding carboxylic acids is 1. The monoisotopic (exact) mass is 480 g/mol. The highest BCUT2D eigenvalue weighted by molar-refractivity contribution is 9.10. The summed E-state index contributed by atoms with van der Waals surface area (Å²) in [6.45, 7) is 0. The molecule has 0 saturated heterocycles. The highest BCUT2D eigenvalue weighted by Gasteiger charge is 2.12. The zero-order chi connectivity index (χ0) is 21.5. The first-order valence-electron chi connectivity index (χ1n) is 9.09. The van der Waals surface area contributed by atoms with Crippen LogP contribution in [0.15, 0.2) is 76.8 Å². The molecule has 0 radical (unpaired) electrons. The molecule has 0 saturated carbocycles. The van der Waals surface area contributed by atoms with Gasteiger partial charge in [-0.1, -0.05) is 63.9 Å².